The second-order valence-corrected chi connectivity index (χ2v) is 3.52. The highest BCUT2D eigenvalue weighted by Crippen LogP contribution is 2.33. The summed E-state index contributed by atoms with van der Waals surface area (Å²) >= 11 is 0. The van der Waals surface area contributed by atoms with Crippen LogP contribution in [0.3, 0.4) is 0 Å². The highest BCUT2D eigenvalue weighted by atomic mass is 19.1. The normalized spacial score (nSPS) is 21.4. The second kappa shape index (κ2) is 3.46. The van der Waals surface area contributed by atoms with E-state index in [0.717, 1.165) is 19.4 Å². The van der Waals surface area contributed by atoms with E-state index in [1.54, 1.807) is 0 Å². The van der Waals surface area contributed by atoms with Crippen LogP contribution in [0.2, 0.25) is 0 Å². The highest BCUT2D eigenvalue weighted by molar-refractivity contribution is 5.43. The highest BCUT2D eigenvalue weighted by Gasteiger charge is 2.19. The van der Waals surface area contributed by atoms with E-state index >= 15 is 0 Å². The van der Waals surface area contributed by atoms with Crippen LogP contribution < -0.4 is 5.32 Å². The summed E-state index contributed by atoms with van der Waals surface area (Å²) in [5, 5.41) is 21.4. The van der Waals surface area contributed by atoms with Crippen molar-refractivity contribution in [3.63, 3.8) is 0 Å². The van der Waals surface area contributed by atoms with Gasteiger partial charge in [0.2, 0.25) is 0 Å². The molecule has 1 aliphatic rings. The number of rotatable bonds is 1. The number of hydrogen-bond acceptors (Lipinski definition) is 3. The topological polar surface area (TPSA) is 52.5 Å². The standard InChI is InChI=1S/C10H12FNO2/c11-7-4-6(5-9(13)10(7)14)8-2-1-3-12-8/h4-5,8,12-14H,1-3H2. The first kappa shape index (κ1) is 9.27. The fourth-order valence-corrected chi connectivity index (χ4v) is 1.78. The molecule has 1 heterocycles. The zero-order valence-electron chi connectivity index (χ0n) is 7.63. The summed E-state index contributed by atoms with van der Waals surface area (Å²) in [5.74, 6) is -1.84. The summed E-state index contributed by atoms with van der Waals surface area (Å²) in [6, 6.07) is 2.76. The van der Waals surface area contributed by atoms with Gasteiger partial charge in [-0.15, -0.1) is 0 Å². The summed E-state index contributed by atoms with van der Waals surface area (Å²) < 4.78 is 13.1. The van der Waals surface area contributed by atoms with Gasteiger partial charge in [0.25, 0.3) is 0 Å². The Hall–Kier alpha value is -1.29. The smallest absolute Gasteiger partial charge is 0.194 e. The van der Waals surface area contributed by atoms with Gasteiger partial charge in [-0.1, -0.05) is 0 Å². The van der Waals surface area contributed by atoms with Gasteiger partial charge >= 0.3 is 0 Å². The van der Waals surface area contributed by atoms with Crippen LogP contribution in [0.5, 0.6) is 11.5 Å². The molecule has 1 fully saturated rings. The molecule has 0 radical (unpaired) electrons. The minimum absolute atomic E-state index is 0.0935. The van der Waals surface area contributed by atoms with Crippen LogP contribution >= 0.6 is 0 Å². The van der Waals surface area contributed by atoms with Crippen molar-refractivity contribution in [3.05, 3.63) is 23.5 Å². The van der Waals surface area contributed by atoms with Crippen LogP contribution in [0, 0.1) is 5.82 Å². The van der Waals surface area contributed by atoms with Gasteiger partial charge in [0.05, 0.1) is 0 Å². The Morgan fingerprint density at radius 2 is 2.14 bits per heavy atom. The Labute approximate surface area is 81.2 Å². The third kappa shape index (κ3) is 1.53. The summed E-state index contributed by atoms with van der Waals surface area (Å²) in [7, 11) is 0. The Morgan fingerprint density at radius 1 is 1.36 bits per heavy atom. The fourth-order valence-electron chi connectivity index (χ4n) is 1.78. The average Bonchev–Trinajstić information content (AvgIpc) is 2.66. The monoisotopic (exact) mass is 197 g/mol. The summed E-state index contributed by atoms with van der Waals surface area (Å²) in [6.45, 7) is 0.911. The predicted molar refractivity (Wildman–Crippen MR) is 49.7 cm³/mol. The molecule has 3 nitrogen and oxygen atoms in total. The van der Waals surface area contributed by atoms with E-state index in [1.165, 1.54) is 12.1 Å². The number of phenolic OH excluding ortho intramolecular Hbond substituents is 2. The van der Waals surface area contributed by atoms with Gasteiger partial charge in [0.1, 0.15) is 0 Å². The van der Waals surface area contributed by atoms with Gasteiger partial charge in [0, 0.05) is 6.04 Å². The molecular formula is C10H12FNO2. The Kier molecular flexibility index (Phi) is 2.29. The SMILES string of the molecule is Oc1cc(C2CCCN2)cc(F)c1O. The predicted octanol–water partition coefficient (Wildman–Crippen LogP) is 1.66. The van der Waals surface area contributed by atoms with Crippen molar-refractivity contribution in [1.29, 1.82) is 0 Å². The summed E-state index contributed by atoms with van der Waals surface area (Å²) in [6.07, 6.45) is 1.98. The molecule has 2 rings (SSSR count). The molecule has 3 N–H and O–H groups in total. The molecule has 4 heteroatoms. The van der Waals surface area contributed by atoms with Crippen molar-refractivity contribution in [2.24, 2.45) is 0 Å². The molecule has 0 saturated carbocycles. The van der Waals surface area contributed by atoms with Crippen LogP contribution in [0.4, 0.5) is 4.39 Å². The largest absolute Gasteiger partial charge is 0.504 e. The van der Waals surface area contributed by atoms with Gasteiger partial charge in [-0.3, -0.25) is 0 Å². The average molecular weight is 197 g/mol. The van der Waals surface area contributed by atoms with E-state index < -0.39 is 17.3 Å². The van der Waals surface area contributed by atoms with Crippen LogP contribution in [-0.2, 0) is 0 Å². The van der Waals surface area contributed by atoms with Gasteiger partial charge < -0.3 is 15.5 Å². The maximum Gasteiger partial charge on any atom is 0.194 e. The third-order valence-electron chi connectivity index (χ3n) is 2.53. The van der Waals surface area contributed by atoms with Crippen LogP contribution in [0.15, 0.2) is 12.1 Å². The van der Waals surface area contributed by atoms with Gasteiger partial charge in [-0.05, 0) is 37.1 Å². The van der Waals surface area contributed by atoms with Gasteiger partial charge in [-0.25, -0.2) is 4.39 Å². The molecule has 1 atom stereocenters. The molecule has 1 saturated heterocycles. The Balaban J connectivity index is 2.34. The van der Waals surface area contributed by atoms with Crippen molar-refractivity contribution < 1.29 is 14.6 Å². The van der Waals surface area contributed by atoms with Crippen molar-refractivity contribution in [1.82, 2.24) is 5.32 Å². The first-order valence-corrected chi connectivity index (χ1v) is 4.63. The van der Waals surface area contributed by atoms with E-state index in [1.807, 2.05) is 0 Å². The lowest BCUT2D eigenvalue weighted by Gasteiger charge is -2.11. The number of halogens is 1. The third-order valence-corrected chi connectivity index (χ3v) is 2.53. The molecule has 1 unspecified atom stereocenters. The lowest BCUT2D eigenvalue weighted by molar-refractivity contribution is 0.377. The molecule has 0 amide bonds. The van der Waals surface area contributed by atoms with Crippen molar-refractivity contribution in [2.45, 2.75) is 18.9 Å². The van der Waals surface area contributed by atoms with Crippen LogP contribution in [0.1, 0.15) is 24.4 Å². The Morgan fingerprint density at radius 3 is 2.71 bits per heavy atom. The molecule has 0 aromatic heterocycles. The van der Waals surface area contributed by atoms with E-state index in [-0.39, 0.29) is 6.04 Å². The molecule has 1 aromatic carbocycles. The molecule has 14 heavy (non-hydrogen) atoms. The number of hydrogen-bond donors (Lipinski definition) is 3. The van der Waals surface area contributed by atoms with Crippen LogP contribution in [-0.4, -0.2) is 16.8 Å². The number of nitrogens with one attached hydrogen (secondary N) is 1. The minimum Gasteiger partial charge on any atom is -0.504 e. The minimum atomic E-state index is -0.770. The lowest BCUT2D eigenvalue weighted by atomic mass is 10.0. The number of phenols is 2. The lowest BCUT2D eigenvalue weighted by Crippen LogP contribution is -2.12. The maximum atomic E-state index is 13.1. The first-order chi connectivity index (χ1) is 6.68. The fraction of sp³-hybridized carbons (Fsp3) is 0.400. The first-order valence-electron chi connectivity index (χ1n) is 4.63. The van der Waals surface area contributed by atoms with Crippen molar-refractivity contribution in [3.8, 4) is 11.5 Å². The molecule has 0 bridgehead atoms. The van der Waals surface area contributed by atoms with Crippen molar-refractivity contribution >= 4 is 0 Å². The molecule has 76 valence electrons. The Bertz CT molecular complexity index is 325. The van der Waals surface area contributed by atoms with E-state index in [0.29, 0.717) is 5.56 Å². The molecule has 1 aliphatic heterocycles. The van der Waals surface area contributed by atoms with E-state index in [9.17, 15) is 9.50 Å². The zero-order chi connectivity index (χ0) is 10.1. The van der Waals surface area contributed by atoms with Gasteiger partial charge in [0.15, 0.2) is 17.3 Å². The quantitative estimate of drug-likeness (QED) is 0.600. The number of aromatic hydroxyl groups is 2. The summed E-state index contributed by atoms with van der Waals surface area (Å²) in [4.78, 5) is 0. The van der Waals surface area contributed by atoms with E-state index in [2.05, 4.69) is 5.32 Å². The second-order valence-electron chi connectivity index (χ2n) is 3.52. The number of benzene rings is 1. The molecular weight excluding hydrogens is 185 g/mol. The van der Waals surface area contributed by atoms with Crippen LogP contribution in [0.25, 0.3) is 0 Å². The molecule has 0 spiro atoms. The van der Waals surface area contributed by atoms with E-state index in [4.69, 9.17) is 5.11 Å². The maximum absolute atomic E-state index is 13.1. The molecule has 1 aromatic rings. The molecule has 0 aliphatic carbocycles. The summed E-state index contributed by atoms with van der Waals surface area (Å²) in [5.41, 5.74) is 0.690. The van der Waals surface area contributed by atoms with Crippen molar-refractivity contribution in [2.75, 3.05) is 6.54 Å². The van der Waals surface area contributed by atoms with Gasteiger partial charge in [-0.2, -0.15) is 0 Å². The zero-order valence-corrected chi connectivity index (χ0v) is 7.63.